The Morgan fingerprint density at radius 2 is 1.83 bits per heavy atom. The van der Waals surface area contributed by atoms with Gasteiger partial charge in [-0.1, -0.05) is 30.7 Å². The standard InChI is InChI=1S/C19H28N2O2/c22-18-8-10-21(11-9-18)14-17-7-2-1-6-16(17)13-20-19(23)12-15-4-3-5-15/h1-2,6-7,15,18,22H,3-5,8-14H2,(H,20,23). The molecule has 1 aliphatic carbocycles. The first-order valence-electron chi connectivity index (χ1n) is 8.94. The molecule has 1 heterocycles. The molecule has 3 rings (SSSR count). The second-order valence-corrected chi connectivity index (χ2v) is 7.05. The van der Waals surface area contributed by atoms with Crippen molar-refractivity contribution in [1.82, 2.24) is 10.2 Å². The van der Waals surface area contributed by atoms with E-state index in [1.165, 1.54) is 30.4 Å². The van der Waals surface area contributed by atoms with Gasteiger partial charge in [0.2, 0.25) is 5.91 Å². The lowest BCUT2D eigenvalue weighted by Gasteiger charge is -2.30. The Kier molecular flexibility index (Phi) is 5.68. The highest BCUT2D eigenvalue weighted by Crippen LogP contribution is 2.29. The fraction of sp³-hybridized carbons (Fsp3) is 0.632. The molecule has 2 N–H and O–H groups in total. The normalized spacial score (nSPS) is 20.2. The fourth-order valence-corrected chi connectivity index (χ4v) is 3.43. The van der Waals surface area contributed by atoms with Crippen LogP contribution in [-0.2, 0) is 17.9 Å². The summed E-state index contributed by atoms with van der Waals surface area (Å²) in [4.78, 5) is 14.4. The van der Waals surface area contributed by atoms with Gasteiger partial charge >= 0.3 is 0 Å². The summed E-state index contributed by atoms with van der Waals surface area (Å²) in [5.74, 6) is 0.801. The molecule has 0 bridgehead atoms. The molecule has 0 atom stereocenters. The number of nitrogens with zero attached hydrogens (tertiary/aromatic N) is 1. The van der Waals surface area contributed by atoms with Crippen LogP contribution in [0.15, 0.2) is 24.3 Å². The van der Waals surface area contributed by atoms with E-state index >= 15 is 0 Å². The van der Waals surface area contributed by atoms with Gasteiger partial charge in [0.15, 0.2) is 0 Å². The zero-order valence-electron chi connectivity index (χ0n) is 13.8. The predicted octanol–water partition coefficient (Wildman–Crippen LogP) is 2.45. The molecule has 0 aromatic heterocycles. The van der Waals surface area contributed by atoms with E-state index in [9.17, 15) is 9.90 Å². The highest BCUT2D eigenvalue weighted by atomic mass is 16.3. The second kappa shape index (κ2) is 7.93. The van der Waals surface area contributed by atoms with E-state index in [2.05, 4.69) is 28.4 Å². The maximum atomic E-state index is 12.0. The maximum Gasteiger partial charge on any atom is 0.220 e. The van der Waals surface area contributed by atoms with Crippen LogP contribution in [-0.4, -0.2) is 35.1 Å². The molecule has 1 amide bonds. The summed E-state index contributed by atoms with van der Waals surface area (Å²) >= 11 is 0. The first-order valence-corrected chi connectivity index (χ1v) is 8.94. The van der Waals surface area contributed by atoms with Gasteiger partial charge in [0.1, 0.15) is 0 Å². The summed E-state index contributed by atoms with van der Waals surface area (Å²) in [5, 5.41) is 12.7. The van der Waals surface area contributed by atoms with Crippen molar-refractivity contribution in [3.63, 3.8) is 0 Å². The summed E-state index contributed by atoms with van der Waals surface area (Å²) in [7, 11) is 0. The minimum absolute atomic E-state index is 0.132. The van der Waals surface area contributed by atoms with E-state index in [-0.39, 0.29) is 12.0 Å². The van der Waals surface area contributed by atoms with Crippen molar-refractivity contribution in [2.45, 2.75) is 57.7 Å². The Morgan fingerprint density at radius 3 is 2.48 bits per heavy atom. The Balaban J connectivity index is 1.51. The minimum atomic E-state index is -0.132. The zero-order valence-corrected chi connectivity index (χ0v) is 13.8. The SMILES string of the molecule is O=C(CC1CCC1)NCc1ccccc1CN1CCC(O)CC1. The van der Waals surface area contributed by atoms with Gasteiger partial charge in [0.25, 0.3) is 0 Å². The van der Waals surface area contributed by atoms with E-state index in [0.29, 0.717) is 18.9 Å². The Hall–Kier alpha value is -1.39. The second-order valence-electron chi connectivity index (χ2n) is 7.05. The highest BCUT2D eigenvalue weighted by Gasteiger charge is 2.21. The van der Waals surface area contributed by atoms with Crippen LogP contribution in [0.25, 0.3) is 0 Å². The third kappa shape index (κ3) is 4.79. The van der Waals surface area contributed by atoms with Crippen LogP contribution in [0.2, 0.25) is 0 Å². The van der Waals surface area contributed by atoms with E-state index in [0.717, 1.165) is 32.5 Å². The number of hydrogen-bond acceptors (Lipinski definition) is 3. The Labute approximate surface area is 138 Å². The van der Waals surface area contributed by atoms with Crippen molar-refractivity contribution in [3.8, 4) is 0 Å². The molecule has 1 saturated carbocycles. The van der Waals surface area contributed by atoms with Crippen molar-refractivity contribution < 1.29 is 9.90 Å². The largest absolute Gasteiger partial charge is 0.393 e. The van der Waals surface area contributed by atoms with Crippen LogP contribution in [0.5, 0.6) is 0 Å². The number of carbonyl (C=O) groups is 1. The number of aliphatic hydroxyl groups is 1. The number of benzene rings is 1. The van der Waals surface area contributed by atoms with Crippen molar-refractivity contribution in [2.75, 3.05) is 13.1 Å². The van der Waals surface area contributed by atoms with Crippen LogP contribution in [0, 0.1) is 5.92 Å². The average Bonchev–Trinajstić information content (AvgIpc) is 2.52. The molecule has 4 heteroatoms. The average molecular weight is 316 g/mol. The van der Waals surface area contributed by atoms with Gasteiger partial charge in [0.05, 0.1) is 6.10 Å². The van der Waals surface area contributed by atoms with Gasteiger partial charge in [-0.3, -0.25) is 9.69 Å². The van der Waals surface area contributed by atoms with E-state index in [1.54, 1.807) is 0 Å². The Morgan fingerprint density at radius 1 is 1.13 bits per heavy atom. The fourth-order valence-electron chi connectivity index (χ4n) is 3.43. The number of hydrogen-bond donors (Lipinski definition) is 2. The lowest BCUT2D eigenvalue weighted by atomic mass is 9.83. The van der Waals surface area contributed by atoms with Crippen LogP contribution >= 0.6 is 0 Å². The summed E-state index contributed by atoms with van der Waals surface area (Å²) in [6.45, 7) is 3.42. The molecule has 0 spiro atoms. The molecule has 2 aliphatic rings. The third-order valence-electron chi connectivity index (χ3n) is 5.24. The van der Waals surface area contributed by atoms with Gasteiger partial charge in [-0.15, -0.1) is 0 Å². The lowest BCUT2D eigenvalue weighted by molar-refractivity contribution is -0.122. The van der Waals surface area contributed by atoms with Crippen LogP contribution < -0.4 is 5.32 Å². The Bertz CT molecular complexity index is 520. The first kappa shape index (κ1) is 16.5. The number of aliphatic hydroxyl groups excluding tert-OH is 1. The van der Waals surface area contributed by atoms with E-state index < -0.39 is 0 Å². The summed E-state index contributed by atoms with van der Waals surface area (Å²) in [5.41, 5.74) is 2.49. The molecule has 2 fully saturated rings. The molecule has 0 radical (unpaired) electrons. The summed E-state index contributed by atoms with van der Waals surface area (Å²) in [6, 6.07) is 8.36. The smallest absolute Gasteiger partial charge is 0.220 e. The molecule has 4 nitrogen and oxygen atoms in total. The monoisotopic (exact) mass is 316 g/mol. The number of carbonyl (C=O) groups excluding carboxylic acids is 1. The minimum Gasteiger partial charge on any atom is -0.393 e. The zero-order chi connectivity index (χ0) is 16.1. The summed E-state index contributed by atoms with van der Waals surface area (Å²) in [6.07, 6.45) is 5.99. The molecule has 1 aromatic rings. The third-order valence-corrected chi connectivity index (χ3v) is 5.24. The van der Waals surface area contributed by atoms with E-state index in [4.69, 9.17) is 0 Å². The molecule has 126 valence electrons. The molecule has 1 aliphatic heterocycles. The van der Waals surface area contributed by atoms with Crippen LogP contribution in [0.3, 0.4) is 0 Å². The number of nitrogens with one attached hydrogen (secondary N) is 1. The van der Waals surface area contributed by atoms with Gasteiger partial charge in [-0.05, 0) is 42.7 Å². The lowest BCUT2D eigenvalue weighted by Crippen LogP contribution is -2.35. The topological polar surface area (TPSA) is 52.6 Å². The molecular weight excluding hydrogens is 288 g/mol. The highest BCUT2D eigenvalue weighted by molar-refractivity contribution is 5.76. The van der Waals surface area contributed by atoms with Gasteiger partial charge in [0, 0.05) is 32.6 Å². The van der Waals surface area contributed by atoms with Crippen molar-refractivity contribution in [2.24, 2.45) is 5.92 Å². The summed E-state index contributed by atoms with van der Waals surface area (Å²) < 4.78 is 0. The molecule has 0 unspecified atom stereocenters. The van der Waals surface area contributed by atoms with E-state index in [1.807, 2.05) is 6.07 Å². The van der Waals surface area contributed by atoms with Crippen molar-refractivity contribution in [3.05, 3.63) is 35.4 Å². The maximum absolute atomic E-state index is 12.0. The number of amides is 1. The number of rotatable bonds is 6. The van der Waals surface area contributed by atoms with Crippen molar-refractivity contribution in [1.29, 1.82) is 0 Å². The molecule has 23 heavy (non-hydrogen) atoms. The quantitative estimate of drug-likeness (QED) is 0.847. The molecule has 1 saturated heterocycles. The van der Waals surface area contributed by atoms with Crippen molar-refractivity contribution >= 4 is 5.91 Å². The number of likely N-dealkylation sites (tertiary alicyclic amines) is 1. The number of piperidine rings is 1. The van der Waals surface area contributed by atoms with Gasteiger partial charge in [-0.2, -0.15) is 0 Å². The van der Waals surface area contributed by atoms with Gasteiger partial charge < -0.3 is 10.4 Å². The van der Waals surface area contributed by atoms with Crippen LogP contribution in [0.1, 0.15) is 49.7 Å². The first-order chi connectivity index (χ1) is 11.2. The molecular formula is C19H28N2O2. The predicted molar refractivity (Wildman–Crippen MR) is 90.8 cm³/mol. The molecule has 1 aromatic carbocycles. The van der Waals surface area contributed by atoms with Crippen LogP contribution in [0.4, 0.5) is 0 Å². The van der Waals surface area contributed by atoms with Gasteiger partial charge in [-0.25, -0.2) is 0 Å².